The maximum atomic E-state index is 5.74. The molecule has 122 valence electrons. The van der Waals surface area contributed by atoms with Gasteiger partial charge in [-0.25, -0.2) is 0 Å². The van der Waals surface area contributed by atoms with Crippen LogP contribution in [0.2, 0.25) is 0 Å². The summed E-state index contributed by atoms with van der Waals surface area (Å²) in [7, 11) is 0. The van der Waals surface area contributed by atoms with Gasteiger partial charge in [-0.3, -0.25) is 9.98 Å². The van der Waals surface area contributed by atoms with Gasteiger partial charge in [0.05, 0.1) is 32.7 Å². The van der Waals surface area contributed by atoms with E-state index < -0.39 is 0 Å². The van der Waals surface area contributed by atoms with Crippen LogP contribution in [0.25, 0.3) is 0 Å². The maximum Gasteiger partial charge on any atom is 0.192 e. The second-order valence-corrected chi connectivity index (χ2v) is 6.68. The van der Waals surface area contributed by atoms with Crippen LogP contribution in [-0.4, -0.2) is 74.2 Å². The monoisotopic (exact) mass is 334 g/mol. The fourth-order valence-corrected chi connectivity index (χ4v) is 3.33. The Morgan fingerprint density at radius 3 is 1.71 bits per heavy atom. The zero-order valence-corrected chi connectivity index (χ0v) is 14.1. The summed E-state index contributed by atoms with van der Waals surface area (Å²) in [6, 6.07) is 0. The third kappa shape index (κ3) is 10.00. The predicted molar refractivity (Wildman–Crippen MR) is 93.9 cm³/mol. The number of nitrogens with zero attached hydrogens (tertiary/aromatic N) is 2. The van der Waals surface area contributed by atoms with E-state index in [0.717, 1.165) is 23.0 Å². The average Bonchev–Trinajstić information content (AvgIpc) is 2.52. The highest BCUT2D eigenvalue weighted by Gasteiger charge is 2.09. The number of ether oxygens (including phenoxy) is 2. The highest BCUT2D eigenvalue weighted by atomic mass is 32.2. The van der Waals surface area contributed by atoms with E-state index in [-0.39, 0.29) is 0 Å². The van der Waals surface area contributed by atoms with Crippen molar-refractivity contribution in [1.82, 2.24) is 0 Å². The molecule has 1 heterocycles. The Morgan fingerprint density at radius 2 is 1.29 bits per heavy atom. The lowest BCUT2D eigenvalue weighted by Crippen LogP contribution is -2.19. The van der Waals surface area contributed by atoms with Crippen LogP contribution in [0.4, 0.5) is 0 Å². The van der Waals surface area contributed by atoms with Crippen molar-refractivity contribution in [2.75, 3.05) is 62.4 Å². The third-order valence-electron chi connectivity index (χ3n) is 2.50. The third-order valence-corrected chi connectivity index (χ3v) is 4.66. The fraction of sp³-hybridized carbons (Fsp3) is 0.846. The number of aliphatic imine (C=N–C) groups is 2. The molecule has 0 spiro atoms. The molecule has 8 heteroatoms. The summed E-state index contributed by atoms with van der Waals surface area (Å²) in [4.78, 5) is 8.75. The summed E-state index contributed by atoms with van der Waals surface area (Å²) in [5.74, 6) is 5.53. The zero-order valence-electron chi connectivity index (χ0n) is 12.5. The molecule has 0 aromatic carbocycles. The standard InChI is InChI=1S/C13H26N4O2S2/c14-1-3-16-12-11-13(17-4-2-15)19-6-8-21-10-9-20-7-5-18-12/h1-11,14-15H2. The average molecular weight is 335 g/mol. The van der Waals surface area contributed by atoms with E-state index in [0.29, 0.717) is 57.6 Å². The number of hydrogen-bond donors (Lipinski definition) is 2. The summed E-state index contributed by atoms with van der Waals surface area (Å²) in [6.45, 7) is 3.44. The number of hydrogen-bond acceptors (Lipinski definition) is 8. The lowest BCUT2D eigenvalue weighted by Gasteiger charge is -2.12. The molecule has 0 saturated carbocycles. The van der Waals surface area contributed by atoms with Gasteiger partial charge < -0.3 is 20.9 Å². The van der Waals surface area contributed by atoms with Gasteiger partial charge in [0.25, 0.3) is 0 Å². The molecule has 1 fully saturated rings. The topological polar surface area (TPSA) is 95.2 Å². The van der Waals surface area contributed by atoms with Gasteiger partial charge in [-0.2, -0.15) is 23.5 Å². The minimum Gasteiger partial charge on any atom is -0.480 e. The van der Waals surface area contributed by atoms with Crippen molar-refractivity contribution >= 4 is 35.3 Å². The van der Waals surface area contributed by atoms with Gasteiger partial charge in [0, 0.05) is 36.1 Å². The molecule has 4 N–H and O–H groups in total. The lowest BCUT2D eigenvalue weighted by atomic mass is 10.4. The van der Waals surface area contributed by atoms with Gasteiger partial charge in [-0.05, 0) is 0 Å². The first-order chi connectivity index (χ1) is 10.4. The number of nitrogens with two attached hydrogens (primary N) is 2. The first-order valence-corrected chi connectivity index (χ1v) is 9.55. The van der Waals surface area contributed by atoms with E-state index in [4.69, 9.17) is 20.9 Å². The van der Waals surface area contributed by atoms with Crippen LogP contribution in [0, 0.1) is 0 Å². The number of rotatable bonds is 4. The molecule has 1 saturated heterocycles. The van der Waals surface area contributed by atoms with Crippen LogP contribution in [0.3, 0.4) is 0 Å². The Bertz CT molecular complexity index is 297. The fourth-order valence-electron chi connectivity index (χ4n) is 1.57. The maximum absolute atomic E-state index is 5.74. The van der Waals surface area contributed by atoms with E-state index in [1.54, 1.807) is 0 Å². The van der Waals surface area contributed by atoms with Gasteiger partial charge in [-0.15, -0.1) is 0 Å². The SMILES string of the molecule is NCCN=C1CC(=NCCN)OCCSCCSCCO1. The highest BCUT2D eigenvalue weighted by Crippen LogP contribution is 2.09. The van der Waals surface area contributed by atoms with Crippen LogP contribution in [0.5, 0.6) is 0 Å². The summed E-state index contributed by atoms with van der Waals surface area (Å²) in [6.07, 6.45) is 0.481. The molecule has 0 aromatic heterocycles. The molecule has 21 heavy (non-hydrogen) atoms. The van der Waals surface area contributed by atoms with Crippen LogP contribution in [0.1, 0.15) is 6.42 Å². The van der Waals surface area contributed by atoms with E-state index in [1.165, 1.54) is 0 Å². The van der Waals surface area contributed by atoms with E-state index in [9.17, 15) is 0 Å². The minimum absolute atomic E-state index is 0.481. The van der Waals surface area contributed by atoms with Gasteiger partial charge in [0.1, 0.15) is 0 Å². The van der Waals surface area contributed by atoms with Crippen molar-refractivity contribution in [2.24, 2.45) is 21.5 Å². The Kier molecular flexibility index (Phi) is 11.7. The molecule has 0 aliphatic carbocycles. The van der Waals surface area contributed by atoms with E-state index in [2.05, 4.69) is 9.98 Å². The lowest BCUT2D eigenvalue weighted by molar-refractivity contribution is 0.303. The molecule has 0 unspecified atom stereocenters. The Labute approximate surface area is 135 Å². The van der Waals surface area contributed by atoms with E-state index >= 15 is 0 Å². The van der Waals surface area contributed by atoms with Crippen LogP contribution in [-0.2, 0) is 9.47 Å². The quantitative estimate of drug-likeness (QED) is 0.782. The van der Waals surface area contributed by atoms with Crippen LogP contribution < -0.4 is 11.5 Å². The second-order valence-electron chi connectivity index (χ2n) is 4.23. The molecule has 0 bridgehead atoms. The molecule has 0 radical (unpaired) electrons. The van der Waals surface area contributed by atoms with Gasteiger partial charge in [0.15, 0.2) is 11.8 Å². The Hall–Kier alpha value is -0.440. The number of thioether (sulfide) groups is 2. The van der Waals surface area contributed by atoms with Crippen molar-refractivity contribution in [1.29, 1.82) is 0 Å². The van der Waals surface area contributed by atoms with Crippen molar-refractivity contribution < 1.29 is 9.47 Å². The Morgan fingerprint density at radius 1 is 0.810 bits per heavy atom. The van der Waals surface area contributed by atoms with Gasteiger partial charge >= 0.3 is 0 Å². The molecule has 1 aliphatic rings. The molecule has 0 amide bonds. The van der Waals surface area contributed by atoms with Crippen molar-refractivity contribution in [3.05, 3.63) is 0 Å². The van der Waals surface area contributed by atoms with Gasteiger partial charge in [0.2, 0.25) is 0 Å². The normalized spacial score (nSPS) is 22.8. The summed E-state index contributed by atoms with van der Waals surface area (Å²) in [5.41, 5.74) is 11.0. The smallest absolute Gasteiger partial charge is 0.192 e. The first kappa shape index (κ1) is 18.6. The van der Waals surface area contributed by atoms with Crippen LogP contribution >= 0.6 is 23.5 Å². The minimum atomic E-state index is 0.481. The summed E-state index contributed by atoms with van der Waals surface area (Å²) in [5, 5.41) is 0. The molecular weight excluding hydrogens is 308 g/mol. The molecule has 1 rings (SSSR count). The van der Waals surface area contributed by atoms with Crippen molar-refractivity contribution in [3.8, 4) is 0 Å². The zero-order chi connectivity index (χ0) is 15.2. The predicted octanol–water partition coefficient (Wildman–Crippen LogP) is 0.604. The molecule has 6 nitrogen and oxygen atoms in total. The summed E-state index contributed by atoms with van der Waals surface area (Å²) >= 11 is 3.80. The molecular formula is C13H26N4O2S2. The molecule has 1 aliphatic heterocycles. The van der Waals surface area contributed by atoms with E-state index in [1.807, 2.05) is 23.5 Å². The van der Waals surface area contributed by atoms with Gasteiger partial charge in [-0.1, -0.05) is 0 Å². The Balaban J connectivity index is 2.64. The first-order valence-electron chi connectivity index (χ1n) is 7.24. The second kappa shape index (κ2) is 13.2. The molecule has 0 aromatic rings. The summed E-state index contributed by atoms with van der Waals surface area (Å²) < 4.78 is 11.5. The largest absolute Gasteiger partial charge is 0.480 e. The highest BCUT2D eigenvalue weighted by molar-refractivity contribution is 8.02. The molecule has 0 atom stereocenters. The van der Waals surface area contributed by atoms with Crippen LogP contribution in [0.15, 0.2) is 9.98 Å². The van der Waals surface area contributed by atoms with Crippen molar-refractivity contribution in [2.45, 2.75) is 6.42 Å². The van der Waals surface area contributed by atoms with Crippen molar-refractivity contribution in [3.63, 3.8) is 0 Å².